The van der Waals surface area contributed by atoms with Crippen LogP contribution in [0.1, 0.15) is 47.0 Å². The maximum atomic E-state index is 2.48. The van der Waals surface area contributed by atoms with Gasteiger partial charge in [-0.2, -0.15) is 0 Å². The zero-order chi connectivity index (χ0) is 11.0. The lowest BCUT2D eigenvalue weighted by atomic mass is 9.65. The fraction of sp³-hybridized carbons (Fsp3) is 0.733. The third-order valence-electron chi connectivity index (χ3n) is 4.37. The molecule has 0 aromatic carbocycles. The SMILES string of the molecule is CC1=CC[C@H]2C(=C1)[C@H](C(C)C)CC[C@@H]2C. The summed E-state index contributed by atoms with van der Waals surface area (Å²) in [5.74, 6) is 3.43. The number of fused-ring (bicyclic) bond motifs is 1. The van der Waals surface area contributed by atoms with E-state index in [-0.39, 0.29) is 0 Å². The van der Waals surface area contributed by atoms with Crippen LogP contribution in [0, 0.1) is 23.7 Å². The van der Waals surface area contributed by atoms with E-state index in [1.807, 2.05) is 0 Å². The number of allylic oxidation sites excluding steroid dienone is 4. The van der Waals surface area contributed by atoms with Gasteiger partial charge in [0.25, 0.3) is 0 Å². The predicted octanol–water partition coefficient (Wildman–Crippen LogP) is 4.58. The van der Waals surface area contributed by atoms with E-state index in [1.165, 1.54) is 24.8 Å². The molecule has 2 rings (SSSR count). The first-order valence-corrected chi connectivity index (χ1v) is 6.48. The van der Waals surface area contributed by atoms with Crippen molar-refractivity contribution in [3.05, 3.63) is 23.3 Å². The summed E-state index contributed by atoms with van der Waals surface area (Å²) < 4.78 is 0. The Hall–Kier alpha value is -0.520. The minimum atomic E-state index is 0.817. The third-order valence-corrected chi connectivity index (χ3v) is 4.37. The Morgan fingerprint density at radius 2 is 2.00 bits per heavy atom. The second-order valence-corrected chi connectivity index (χ2v) is 5.84. The molecule has 0 aromatic rings. The maximum Gasteiger partial charge on any atom is -0.0137 e. The van der Waals surface area contributed by atoms with Gasteiger partial charge in [0.05, 0.1) is 0 Å². The second-order valence-electron chi connectivity index (χ2n) is 5.84. The molecule has 0 radical (unpaired) electrons. The van der Waals surface area contributed by atoms with Gasteiger partial charge in [0.15, 0.2) is 0 Å². The molecular formula is C15H24. The highest BCUT2D eigenvalue weighted by molar-refractivity contribution is 5.31. The molecule has 0 nitrogen and oxygen atoms in total. The van der Waals surface area contributed by atoms with Crippen molar-refractivity contribution in [3.8, 4) is 0 Å². The van der Waals surface area contributed by atoms with Gasteiger partial charge in [-0.05, 0) is 49.9 Å². The number of hydrogen-bond acceptors (Lipinski definition) is 0. The normalized spacial score (nSPS) is 35.9. The average Bonchev–Trinajstić information content (AvgIpc) is 2.17. The molecule has 0 N–H and O–H groups in total. The molecule has 0 heterocycles. The average molecular weight is 204 g/mol. The van der Waals surface area contributed by atoms with E-state index in [0.717, 1.165) is 23.7 Å². The molecule has 2 aliphatic carbocycles. The van der Waals surface area contributed by atoms with Gasteiger partial charge in [-0.25, -0.2) is 0 Å². The Kier molecular flexibility index (Phi) is 3.04. The van der Waals surface area contributed by atoms with Crippen molar-refractivity contribution in [1.82, 2.24) is 0 Å². The van der Waals surface area contributed by atoms with Crippen LogP contribution in [0.2, 0.25) is 0 Å². The van der Waals surface area contributed by atoms with Crippen molar-refractivity contribution in [3.63, 3.8) is 0 Å². The van der Waals surface area contributed by atoms with Crippen LogP contribution in [0.25, 0.3) is 0 Å². The molecule has 0 aromatic heterocycles. The zero-order valence-electron chi connectivity index (χ0n) is 10.6. The van der Waals surface area contributed by atoms with E-state index < -0.39 is 0 Å². The van der Waals surface area contributed by atoms with Gasteiger partial charge >= 0.3 is 0 Å². The summed E-state index contributed by atoms with van der Waals surface area (Å²) in [4.78, 5) is 0. The highest BCUT2D eigenvalue weighted by atomic mass is 14.4. The maximum absolute atomic E-state index is 2.48. The molecule has 2 aliphatic rings. The molecular weight excluding hydrogens is 180 g/mol. The number of rotatable bonds is 1. The van der Waals surface area contributed by atoms with E-state index in [2.05, 4.69) is 39.8 Å². The predicted molar refractivity (Wildman–Crippen MR) is 66.7 cm³/mol. The Labute approximate surface area is 94.5 Å². The fourth-order valence-electron chi connectivity index (χ4n) is 3.35. The quantitative estimate of drug-likeness (QED) is 0.586. The molecule has 1 saturated carbocycles. The Morgan fingerprint density at radius 3 is 2.67 bits per heavy atom. The number of hydrogen-bond donors (Lipinski definition) is 0. The summed E-state index contributed by atoms with van der Waals surface area (Å²) in [6, 6.07) is 0. The summed E-state index contributed by atoms with van der Waals surface area (Å²) in [6.07, 6.45) is 9.04. The molecule has 0 bridgehead atoms. The van der Waals surface area contributed by atoms with E-state index in [0.29, 0.717) is 0 Å². The summed E-state index contributed by atoms with van der Waals surface area (Å²) in [5, 5.41) is 0. The van der Waals surface area contributed by atoms with E-state index in [1.54, 1.807) is 5.57 Å². The Morgan fingerprint density at radius 1 is 1.27 bits per heavy atom. The smallest absolute Gasteiger partial charge is 0.0137 e. The molecule has 0 amide bonds. The first kappa shape index (κ1) is 11.0. The van der Waals surface area contributed by atoms with Crippen molar-refractivity contribution in [2.45, 2.75) is 47.0 Å². The van der Waals surface area contributed by atoms with Crippen LogP contribution in [-0.2, 0) is 0 Å². The molecule has 1 fully saturated rings. The second kappa shape index (κ2) is 4.15. The van der Waals surface area contributed by atoms with Crippen LogP contribution in [-0.4, -0.2) is 0 Å². The first-order valence-electron chi connectivity index (χ1n) is 6.48. The standard InChI is InChI=1S/C15H24/c1-10(2)13-8-6-12(4)14-7-5-11(3)9-15(13)14/h5,9-10,12-14H,6-8H2,1-4H3/t12-,13-,14+/m0/s1. The minimum Gasteiger partial charge on any atom is -0.0810 e. The van der Waals surface area contributed by atoms with Crippen LogP contribution < -0.4 is 0 Å². The summed E-state index contributed by atoms with van der Waals surface area (Å²) >= 11 is 0. The van der Waals surface area contributed by atoms with Crippen molar-refractivity contribution >= 4 is 0 Å². The minimum absolute atomic E-state index is 0.817. The van der Waals surface area contributed by atoms with Gasteiger partial charge in [0, 0.05) is 0 Å². The topological polar surface area (TPSA) is 0 Å². The zero-order valence-corrected chi connectivity index (χ0v) is 10.6. The molecule has 15 heavy (non-hydrogen) atoms. The summed E-state index contributed by atoms with van der Waals surface area (Å²) in [6.45, 7) is 9.45. The Balaban J connectivity index is 2.28. The lowest BCUT2D eigenvalue weighted by molar-refractivity contribution is 0.236. The monoisotopic (exact) mass is 204 g/mol. The lowest BCUT2D eigenvalue weighted by Crippen LogP contribution is -2.30. The van der Waals surface area contributed by atoms with Crippen LogP contribution in [0.15, 0.2) is 23.3 Å². The first-order chi connectivity index (χ1) is 7.09. The van der Waals surface area contributed by atoms with Crippen LogP contribution in [0.5, 0.6) is 0 Å². The molecule has 3 atom stereocenters. The van der Waals surface area contributed by atoms with Gasteiger partial charge < -0.3 is 0 Å². The molecule has 0 heteroatoms. The Bertz CT molecular complexity index is 293. The van der Waals surface area contributed by atoms with Crippen LogP contribution in [0.4, 0.5) is 0 Å². The van der Waals surface area contributed by atoms with E-state index >= 15 is 0 Å². The fourth-order valence-corrected chi connectivity index (χ4v) is 3.35. The highest BCUT2D eigenvalue weighted by Crippen LogP contribution is 2.45. The van der Waals surface area contributed by atoms with Gasteiger partial charge in [-0.15, -0.1) is 0 Å². The largest absolute Gasteiger partial charge is 0.0810 e. The van der Waals surface area contributed by atoms with Gasteiger partial charge in [0.1, 0.15) is 0 Å². The molecule has 0 spiro atoms. The molecule has 0 saturated heterocycles. The highest BCUT2D eigenvalue weighted by Gasteiger charge is 2.34. The van der Waals surface area contributed by atoms with E-state index in [4.69, 9.17) is 0 Å². The summed E-state index contributed by atoms with van der Waals surface area (Å²) in [7, 11) is 0. The van der Waals surface area contributed by atoms with Crippen LogP contribution in [0.3, 0.4) is 0 Å². The molecule has 84 valence electrons. The summed E-state index contributed by atoms with van der Waals surface area (Å²) in [5.41, 5.74) is 3.25. The van der Waals surface area contributed by atoms with Crippen molar-refractivity contribution in [1.29, 1.82) is 0 Å². The van der Waals surface area contributed by atoms with Gasteiger partial charge in [-0.1, -0.05) is 44.1 Å². The third kappa shape index (κ3) is 2.04. The van der Waals surface area contributed by atoms with Crippen molar-refractivity contribution in [2.24, 2.45) is 23.7 Å². The van der Waals surface area contributed by atoms with Crippen molar-refractivity contribution < 1.29 is 0 Å². The molecule has 0 unspecified atom stereocenters. The van der Waals surface area contributed by atoms with Gasteiger partial charge in [0.2, 0.25) is 0 Å². The van der Waals surface area contributed by atoms with Gasteiger partial charge in [-0.3, -0.25) is 0 Å². The van der Waals surface area contributed by atoms with Crippen molar-refractivity contribution in [2.75, 3.05) is 0 Å². The lowest BCUT2D eigenvalue weighted by Gasteiger charge is -2.40. The molecule has 0 aliphatic heterocycles. The van der Waals surface area contributed by atoms with E-state index in [9.17, 15) is 0 Å². The van der Waals surface area contributed by atoms with Crippen LogP contribution >= 0.6 is 0 Å².